The minimum absolute atomic E-state index is 0.0446. The first-order valence-electron chi connectivity index (χ1n) is 17.6. The van der Waals surface area contributed by atoms with Crippen LogP contribution >= 0.6 is 11.8 Å². The fourth-order valence-corrected chi connectivity index (χ4v) is 7.98. The fraction of sp³-hybridized carbons (Fsp3) is 0.250. The number of pyridine rings is 1. The van der Waals surface area contributed by atoms with Gasteiger partial charge in [0.15, 0.2) is 0 Å². The Morgan fingerprint density at radius 2 is 1.65 bits per heavy atom. The third-order valence-electron chi connectivity index (χ3n) is 8.87. The lowest BCUT2D eigenvalue weighted by atomic mass is 10.0. The van der Waals surface area contributed by atoms with Gasteiger partial charge >= 0.3 is 6.18 Å². The molecule has 0 radical (unpaired) electrons. The number of hydrogen-bond acceptors (Lipinski definition) is 10. The number of thioether (sulfide) groups is 1. The Kier molecular flexibility index (Phi) is 12.5. The molecule has 4 aromatic carbocycles. The van der Waals surface area contributed by atoms with Crippen LogP contribution in [-0.2, 0) is 22.7 Å². The van der Waals surface area contributed by atoms with Crippen molar-refractivity contribution in [1.82, 2.24) is 14.6 Å². The molecule has 1 aliphatic heterocycles. The number of amides is 1. The second-order valence-corrected chi connectivity index (χ2v) is 15.6. The number of ether oxygens (including phenoxy) is 1. The van der Waals surface area contributed by atoms with Crippen molar-refractivity contribution in [2.24, 2.45) is 0 Å². The predicted molar refractivity (Wildman–Crippen MR) is 208 cm³/mol. The van der Waals surface area contributed by atoms with E-state index in [1.54, 1.807) is 24.4 Å². The molecule has 5 aromatic rings. The monoisotopic (exact) mass is 791 g/mol. The van der Waals surface area contributed by atoms with Gasteiger partial charge in [0, 0.05) is 78.6 Å². The van der Waals surface area contributed by atoms with E-state index in [0.717, 1.165) is 58.2 Å². The molecule has 55 heavy (non-hydrogen) atoms. The average molecular weight is 792 g/mol. The highest BCUT2D eigenvalue weighted by Crippen LogP contribution is 2.37. The van der Waals surface area contributed by atoms with Crippen molar-refractivity contribution in [2.45, 2.75) is 29.4 Å². The summed E-state index contributed by atoms with van der Waals surface area (Å²) in [4.78, 5) is 21.9. The van der Waals surface area contributed by atoms with Crippen LogP contribution in [0.4, 0.5) is 24.5 Å². The largest absolute Gasteiger partial charge is 0.506 e. The summed E-state index contributed by atoms with van der Waals surface area (Å²) in [6, 6.07) is 26.1. The van der Waals surface area contributed by atoms with Crippen molar-refractivity contribution >= 4 is 39.1 Å². The lowest BCUT2D eigenvalue weighted by molar-refractivity contribution is -0.137. The number of halogens is 3. The average Bonchev–Trinajstić information content (AvgIpc) is 3.17. The molecule has 1 aliphatic rings. The zero-order valence-corrected chi connectivity index (χ0v) is 31.6. The molecule has 15 heteroatoms. The summed E-state index contributed by atoms with van der Waals surface area (Å²) in [5, 5.41) is 12.7. The molecule has 1 aromatic heterocycles. The highest BCUT2D eigenvalue weighted by Gasteiger charge is 2.35. The second-order valence-electron chi connectivity index (χ2n) is 12.8. The first kappa shape index (κ1) is 39.4. The zero-order chi connectivity index (χ0) is 39.0. The number of carbonyl (C=O) groups is 1. The van der Waals surface area contributed by atoms with Crippen molar-refractivity contribution in [1.29, 1.82) is 0 Å². The van der Waals surface area contributed by atoms with E-state index in [4.69, 9.17) is 4.74 Å². The zero-order valence-electron chi connectivity index (χ0n) is 29.9. The number of aromatic nitrogens is 1. The molecule has 6 rings (SSSR count). The van der Waals surface area contributed by atoms with Crippen molar-refractivity contribution in [3.8, 4) is 22.6 Å². The van der Waals surface area contributed by atoms with E-state index in [-0.39, 0.29) is 23.5 Å². The third-order valence-corrected chi connectivity index (χ3v) is 11.2. The number of sulfonamides is 1. The molecule has 0 atom stereocenters. The molecule has 10 nitrogen and oxygen atoms in total. The van der Waals surface area contributed by atoms with Crippen LogP contribution in [0, 0.1) is 0 Å². The van der Waals surface area contributed by atoms with E-state index in [1.165, 1.54) is 30.1 Å². The number of rotatable bonds is 14. The van der Waals surface area contributed by atoms with Crippen LogP contribution < -0.4 is 19.7 Å². The van der Waals surface area contributed by atoms with Crippen LogP contribution in [0.5, 0.6) is 11.5 Å². The van der Waals surface area contributed by atoms with Crippen LogP contribution in [0.15, 0.2) is 119 Å². The van der Waals surface area contributed by atoms with Gasteiger partial charge in [0.25, 0.3) is 15.9 Å². The number of alkyl halides is 3. The van der Waals surface area contributed by atoms with Gasteiger partial charge in [0.1, 0.15) is 11.5 Å². The minimum Gasteiger partial charge on any atom is -0.506 e. The Morgan fingerprint density at radius 1 is 0.909 bits per heavy atom. The molecule has 1 saturated heterocycles. The minimum atomic E-state index is -4.84. The lowest BCUT2D eigenvalue weighted by Gasteiger charge is -2.36. The van der Waals surface area contributed by atoms with Crippen molar-refractivity contribution < 1.29 is 36.2 Å². The number of nitrogens with zero attached hydrogens (tertiary/aromatic N) is 3. The summed E-state index contributed by atoms with van der Waals surface area (Å²) >= 11 is 1.47. The number of piperazine rings is 1. The summed E-state index contributed by atoms with van der Waals surface area (Å²) < 4.78 is 75.9. The Bertz CT molecular complexity index is 2200. The van der Waals surface area contributed by atoms with Crippen molar-refractivity contribution in [3.63, 3.8) is 0 Å². The summed E-state index contributed by atoms with van der Waals surface area (Å²) in [6.45, 7) is 6.23. The van der Waals surface area contributed by atoms with Gasteiger partial charge in [-0.25, -0.2) is 13.1 Å². The number of carbonyl (C=O) groups excluding carboxylic acids is 1. The van der Waals surface area contributed by atoms with Gasteiger partial charge < -0.3 is 20.1 Å². The van der Waals surface area contributed by atoms with Gasteiger partial charge in [0.2, 0.25) is 0 Å². The maximum Gasteiger partial charge on any atom is 0.418 e. The summed E-state index contributed by atoms with van der Waals surface area (Å²) in [6.07, 6.45) is -1.76. The van der Waals surface area contributed by atoms with Gasteiger partial charge in [0.05, 0.1) is 23.3 Å². The van der Waals surface area contributed by atoms with E-state index >= 15 is 0 Å². The molecule has 0 saturated carbocycles. The van der Waals surface area contributed by atoms with Gasteiger partial charge in [-0.15, -0.1) is 11.8 Å². The Labute approximate surface area is 322 Å². The smallest absolute Gasteiger partial charge is 0.418 e. The maximum atomic E-state index is 14.0. The molecule has 1 amide bonds. The highest BCUT2D eigenvalue weighted by molar-refractivity contribution is 7.99. The van der Waals surface area contributed by atoms with Crippen LogP contribution in [-0.4, -0.2) is 74.4 Å². The molecule has 0 bridgehead atoms. The Morgan fingerprint density at radius 3 is 2.35 bits per heavy atom. The normalized spacial score (nSPS) is 13.7. The van der Waals surface area contributed by atoms with Gasteiger partial charge in [-0.3, -0.25) is 14.7 Å². The van der Waals surface area contributed by atoms with Gasteiger partial charge in [-0.2, -0.15) is 13.2 Å². The van der Waals surface area contributed by atoms with Gasteiger partial charge in [-0.05, 0) is 96.9 Å². The molecular formula is C40H40F3N5O5S2. The summed E-state index contributed by atoms with van der Waals surface area (Å²) in [5.74, 6) is 0.340. The molecule has 0 unspecified atom stereocenters. The molecule has 0 spiro atoms. The molecule has 0 aliphatic carbocycles. The molecular weight excluding hydrogens is 752 g/mol. The van der Waals surface area contributed by atoms with E-state index in [9.17, 15) is 31.5 Å². The summed E-state index contributed by atoms with van der Waals surface area (Å²) in [7, 11) is -4.63. The number of anilines is 2. The predicted octanol–water partition coefficient (Wildman–Crippen LogP) is 7.52. The number of aromatic hydroxyl groups is 1. The van der Waals surface area contributed by atoms with Crippen LogP contribution in [0.2, 0.25) is 0 Å². The number of nitrogens with one attached hydrogen (secondary N) is 2. The molecule has 1 fully saturated rings. The van der Waals surface area contributed by atoms with E-state index < -0.39 is 32.6 Å². The number of benzene rings is 4. The van der Waals surface area contributed by atoms with E-state index in [2.05, 4.69) is 26.2 Å². The highest BCUT2D eigenvalue weighted by atomic mass is 32.2. The van der Waals surface area contributed by atoms with Crippen molar-refractivity contribution in [3.05, 3.63) is 126 Å². The second kappa shape index (κ2) is 17.5. The number of hydrogen-bond donors (Lipinski definition) is 3. The van der Waals surface area contributed by atoms with Crippen LogP contribution in [0.3, 0.4) is 0 Å². The van der Waals surface area contributed by atoms with Crippen LogP contribution in [0.1, 0.15) is 28.4 Å². The summed E-state index contributed by atoms with van der Waals surface area (Å²) in [5.41, 5.74) is 2.21. The first-order valence-corrected chi connectivity index (χ1v) is 20.0. The van der Waals surface area contributed by atoms with E-state index in [0.29, 0.717) is 38.1 Å². The quantitative estimate of drug-likeness (QED) is 0.0769. The lowest BCUT2D eigenvalue weighted by Crippen LogP contribution is -2.46. The van der Waals surface area contributed by atoms with E-state index in [1.807, 2.05) is 54.1 Å². The first-order chi connectivity index (χ1) is 26.4. The Hall–Kier alpha value is -5.25. The standard InChI is InChI=1S/C40H40F3N5O5S2/c1-2-53-34-21-28(20-30(23-34)31-22-33(49)26-44-25-31)27-47-15-17-48(18-16-47)32-10-8-29(9-11-32)39(50)46-55(51,52)36-12-13-38(37(24-36)40(41,42)43)45-14-19-54-35-6-4-3-5-7-35/h3-13,20-26,45,49H,2,14-19,27H2,1H3,(H,46,50). The molecule has 3 N–H and O–H groups in total. The topological polar surface area (TPSA) is 124 Å². The SMILES string of the molecule is CCOc1cc(CN2CCN(c3ccc(C(=O)NS(=O)(=O)c4ccc(NCCSc5ccccc5)c(C(F)(F)F)c4)cc3)CC2)cc(-c2cncc(O)c2)c1. The Balaban J connectivity index is 1.04. The van der Waals surface area contributed by atoms with Crippen molar-refractivity contribution in [2.75, 3.05) is 55.3 Å². The maximum absolute atomic E-state index is 14.0. The fourth-order valence-electron chi connectivity index (χ4n) is 6.19. The van der Waals surface area contributed by atoms with Crippen LogP contribution in [0.25, 0.3) is 11.1 Å². The van der Waals surface area contributed by atoms with Gasteiger partial charge in [-0.1, -0.05) is 18.2 Å². The molecule has 288 valence electrons. The third kappa shape index (κ3) is 10.5. The molecule has 2 heterocycles.